The molecule has 1 aromatic carbocycles. The molecule has 1 fully saturated rings. The summed E-state index contributed by atoms with van der Waals surface area (Å²) in [5.74, 6) is -1.07. The lowest BCUT2D eigenvalue weighted by Crippen LogP contribution is -2.15. The highest BCUT2D eigenvalue weighted by Gasteiger charge is 2.26. The second kappa shape index (κ2) is 7.27. The molecule has 2 rings (SSSR count). The van der Waals surface area contributed by atoms with Gasteiger partial charge in [0.25, 0.3) is 0 Å². The summed E-state index contributed by atoms with van der Waals surface area (Å²) in [6, 6.07) is 4.91. The van der Waals surface area contributed by atoms with Gasteiger partial charge >= 0.3 is 5.97 Å². The van der Waals surface area contributed by atoms with E-state index < -0.39 is 22.6 Å². The van der Waals surface area contributed by atoms with Crippen LogP contribution in [-0.4, -0.2) is 19.5 Å². The minimum atomic E-state index is -2.54. The van der Waals surface area contributed by atoms with Crippen molar-refractivity contribution in [3.8, 4) is 0 Å². The number of halogens is 1. The Labute approximate surface area is 131 Å². The molecule has 1 aliphatic rings. The molecule has 0 heterocycles. The van der Waals surface area contributed by atoms with Gasteiger partial charge in [0, 0.05) is 5.02 Å². The number of rotatable bonds is 6. The van der Waals surface area contributed by atoms with Gasteiger partial charge in [-0.3, -0.25) is 4.79 Å². The maximum Gasteiger partial charge on any atom is 0.310 e. The molecular formula is C15H19ClO4S. The van der Waals surface area contributed by atoms with Gasteiger partial charge in [0.05, 0.1) is 11.7 Å². The van der Waals surface area contributed by atoms with Gasteiger partial charge in [0.2, 0.25) is 0 Å². The van der Waals surface area contributed by atoms with Crippen LogP contribution < -0.4 is 0 Å². The first-order valence-electron chi connectivity index (χ1n) is 7.10. The third-order valence-corrected chi connectivity index (χ3v) is 5.07. The molecule has 0 spiro atoms. The van der Waals surface area contributed by atoms with E-state index in [1.807, 2.05) is 0 Å². The molecule has 116 valence electrons. The van der Waals surface area contributed by atoms with Crippen molar-refractivity contribution in [2.24, 2.45) is 5.92 Å². The van der Waals surface area contributed by atoms with Crippen molar-refractivity contribution < 1.29 is 18.3 Å². The van der Waals surface area contributed by atoms with E-state index in [0.29, 0.717) is 28.5 Å². The summed E-state index contributed by atoms with van der Waals surface area (Å²) in [4.78, 5) is 11.5. The van der Waals surface area contributed by atoms with E-state index in [4.69, 9.17) is 11.6 Å². The van der Waals surface area contributed by atoms with Crippen molar-refractivity contribution in [2.45, 2.75) is 43.8 Å². The van der Waals surface area contributed by atoms with Gasteiger partial charge in [-0.1, -0.05) is 49.4 Å². The average molecular weight is 331 g/mol. The molecule has 0 bridgehead atoms. The Morgan fingerprint density at radius 1 is 1.33 bits per heavy atom. The fraction of sp³-hybridized carbons (Fsp3) is 0.533. The zero-order valence-corrected chi connectivity index (χ0v) is 13.3. The number of hydrogen-bond acceptors (Lipinski definition) is 3. The topological polar surface area (TPSA) is 71.4 Å². The number of thiol groups is 1. The van der Waals surface area contributed by atoms with Crippen LogP contribution in [0.3, 0.4) is 0 Å². The summed E-state index contributed by atoms with van der Waals surface area (Å²) in [5, 5.41) is 9.78. The normalized spacial score (nSPS) is 17.2. The lowest BCUT2D eigenvalue weighted by molar-refractivity contribution is -0.139. The lowest BCUT2D eigenvalue weighted by Gasteiger charge is -2.18. The molecule has 1 aliphatic carbocycles. The Balaban J connectivity index is 2.19. The molecule has 1 atom stereocenters. The molecule has 0 radical (unpaired) electrons. The summed E-state index contributed by atoms with van der Waals surface area (Å²) in [6.07, 6.45) is 5.15. The van der Waals surface area contributed by atoms with Gasteiger partial charge in [-0.25, -0.2) is 8.42 Å². The fourth-order valence-corrected chi connectivity index (χ4v) is 3.91. The SMILES string of the molecule is O=C(O)C(CC1CCCC1)c1ccc(C[SH](=O)=O)c(Cl)c1. The van der Waals surface area contributed by atoms with Crippen LogP contribution in [0.15, 0.2) is 18.2 Å². The van der Waals surface area contributed by atoms with E-state index in [2.05, 4.69) is 0 Å². The first kappa shape index (κ1) is 16.3. The number of aliphatic carboxylic acids is 1. The minimum absolute atomic E-state index is 0.116. The third kappa shape index (κ3) is 4.45. The molecule has 1 N–H and O–H groups in total. The lowest BCUT2D eigenvalue weighted by atomic mass is 9.87. The molecule has 1 aromatic rings. The van der Waals surface area contributed by atoms with Gasteiger partial charge in [0.15, 0.2) is 0 Å². The molecule has 0 amide bonds. The standard InChI is InChI=1S/C15H19ClO4S/c16-14-8-11(5-6-12(14)9-21(19)20)13(15(17)18)7-10-3-1-2-4-10/h5-6,8,10,13,21H,1-4,7,9H2,(H,17,18). The van der Waals surface area contributed by atoms with Gasteiger partial charge in [-0.2, -0.15) is 0 Å². The van der Waals surface area contributed by atoms with Crippen molar-refractivity contribution in [1.29, 1.82) is 0 Å². The molecule has 1 saturated carbocycles. The molecular weight excluding hydrogens is 312 g/mol. The first-order valence-corrected chi connectivity index (χ1v) is 8.84. The zero-order chi connectivity index (χ0) is 15.4. The van der Waals surface area contributed by atoms with Crippen LogP contribution in [0, 0.1) is 5.92 Å². The Hall–Kier alpha value is -1.07. The fourth-order valence-electron chi connectivity index (χ4n) is 3.01. The van der Waals surface area contributed by atoms with Crippen LogP contribution in [-0.2, 0) is 21.3 Å². The Kier molecular flexibility index (Phi) is 5.65. The molecule has 0 saturated heterocycles. The largest absolute Gasteiger partial charge is 0.481 e. The number of carboxylic acid groups (broad SMARTS) is 1. The predicted molar refractivity (Wildman–Crippen MR) is 82.4 cm³/mol. The molecule has 21 heavy (non-hydrogen) atoms. The molecule has 4 nitrogen and oxygen atoms in total. The van der Waals surface area contributed by atoms with Crippen LogP contribution in [0.4, 0.5) is 0 Å². The van der Waals surface area contributed by atoms with Crippen LogP contribution in [0.1, 0.15) is 49.1 Å². The Morgan fingerprint density at radius 3 is 2.52 bits per heavy atom. The van der Waals surface area contributed by atoms with Crippen LogP contribution >= 0.6 is 11.6 Å². The summed E-state index contributed by atoms with van der Waals surface area (Å²) in [5.41, 5.74) is 1.17. The Bertz CT molecular complexity index is 583. The van der Waals surface area contributed by atoms with E-state index in [0.717, 1.165) is 12.8 Å². The highest BCUT2D eigenvalue weighted by Crippen LogP contribution is 2.35. The smallest absolute Gasteiger partial charge is 0.310 e. The quantitative estimate of drug-likeness (QED) is 0.786. The monoisotopic (exact) mass is 330 g/mol. The summed E-state index contributed by atoms with van der Waals surface area (Å²) < 4.78 is 21.5. The van der Waals surface area contributed by atoms with Crippen molar-refractivity contribution in [3.63, 3.8) is 0 Å². The van der Waals surface area contributed by atoms with Gasteiger partial charge in [-0.05, 0) is 29.5 Å². The summed E-state index contributed by atoms with van der Waals surface area (Å²) >= 11 is 6.08. The number of hydrogen-bond donors (Lipinski definition) is 2. The number of carbonyl (C=O) groups is 1. The molecule has 1 unspecified atom stereocenters. The maximum absolute atomic E-state index is 11.5. The summed E-state index contributed by atoms with van der Waals surface area (Å²) in [6.45, 7) is 0. The van der Waals surface area contributed by atoms with Gasteiger partial charge < -0.3 is 5.11 Å². The van der Waals surface area contributed by atoms with E-state index in [1.54, 1.807) is 18.2 Å². The second-order valence-corrected chi connectivity index (χ2v) is 7.01. The van der Waals surface area contributed by atoms with Crippen molar-refractivity contribution >= 4 is 28.3 Å². The van der Waals surface area contributed by atoms with Gasteiger partial charge in [0.1, 0.15) is 10.7 Å². The molecule has 0 aliphatic heterocycles. The molecule has 0 aromatic heterocycles. The van der Waals surface area contributed by atoms with Crippen molar-refractivity contribution in [2.75, 3.05) is 0 Å². The zero-order valence-electron chi connectivity index (χ0n) is 11.6. The summed E-state index contributed by atoms with van der Waals surface area (Å²) in [7, 11) is -2.54. The predicted octanol–water partition coefficient (Wildman–Crippen LogP) is 3.20. The van der Waals surface area contributed by atoms with E-state index in [1.165, 1.54) is 12.8 Å². The second-order valence-electron chi connectivity index (χ2n) is 5.62. The van der Waals surface area contributed by atoms with E-state index in [-0.39, 0.29) is 5.75 Å². The van der Waals surface area contributed by atoms with E-state index >= 15 is 0 Å². The average Bonchev–Trinajstić information content (AvgIpc) is 2.90. The molecule has 6 heteroatoms. The maximum atomic E-state index is 11.5. The van der Waals surface area contributed by atoms with Crippen LogP contribution in [0.5, 0.6) is 0 Å². The van der Waals surface area contributed by atoms with Crippen molar-refractivity contribution in [3.05, 3.63) is 34.3 Å². The number of carboxylic acids is 1. The highest BCUT2D eigenvalue weighted by atomic mass is 35.5. The highest BCUT2D eigenvalue weighted by molar-refractivity contribution is 7.71. The van der Waals surface area contributed by atoms with Crippen LogP contribution in [0.2, 0.25) is 5.02 Å². The van der Waals surface area contributed by atoms with E-state index in [9.17, 15) is 18.3 Å². The first-order chi connectivity index (χ1) is 9.97. The van der Waals surface area contributed by atoms with Crippen molar-refractivity contribution in [1.82, 2.24) is 0 Å². The number of benzene rings is 1. The third-order valence-electron chi connectivity index (χ3n) is 4.12. The van der Waals surface area contributed by atoms with Gasteiger partial charge in [-0.15, -0.1) is 0 Å². The minimum Gasteiger partial charge on any atom is -0.481 e. The Morgan fingerprint density at radius 2 is 2.00 bits per heavy atom. The van der Waals surface area contributed by atoms with Crippen LogP contribution in [0.25, 0.3) is 0 Å².